The van der Waals surface area contributed by atoms with E-state index in [0.717, 1.165) is 10.6 Å². The van der Waals surface area contributed by atoms with Crippen molar-refractivity contribution in [3.63, 3.8) is 0 Å². The zero-order chi connectivity index (χ0) is 13.8. The predicted molar refractivity (Wildman–Crippen MR) is 74.2 cm³/mol. The van der Waals surface area contributed by atoms with Crippen LogP contribution in [0.1, 0.15) is 16.0 Å². The first kappa shape index (κ1) is 13.1. The van der Waals surface area contributed by atoms with E-state index >= 15 is 0 Å². The Morgan fingerprint density at radius 1 is 1.47 bits per heavy atom. The maximum absolute atomic E-state index is 10.7. The molecule has 1 heterocycles. The molecule has 0 spiro atoms. The molecule has 2 aromatic rings. The first-order valence-corrected chi connectivity index (χ1v) is 6.44. The van der Waals surface area contributed by atoms with Crippen molar-refractivity contribution in [2.75, 3.05) is 5.32 Å². The summed E-state index contributed by atoms with van der Waals surface area (Å²) in [5.74, 6) is 0. The fourth-order valence-corrected chi connectivity index (χ4v) is 2.44. The summed E-state index contributed by atoms with van der Waals surface area (Å²) in [5, 5.41) is 24.4. The molecule has 0 fully saturated rings. The van der Waals surface area contributed by atoms with Crippen LogP contribution in [-0.4, -0.2) is 4.92 Å². The monoisotopic (exact) mass is 273 g/mol. The predicted octanol–water partition coefficient (Wildman–Crippen LogP) is 3.45. The molecule has 0 saturated heterocycles. The second-order valence-corrected chi connectivity index (χ2v) is 5.02. The van der Waals surface area contributed by atoms with Crippen LogP contribution in [0.3, 0.4) is 0 Å². The quantitative estimate of drug-likeness (QED) is 0.683. The van der Waals surface area contributed by atoms with Gasteiger partial charge in [-0.2, -0.15) is 5.26 Å². The summed E-state index contributed by atoms with van der Waals surface area (Å²) >= 11 is 1.51. The van der Waals surface area contributed by atoms with Crippen LogP contribution in [0.2, 0.25) is 0 Å². The number of aryl methyl sites for hydroxylation is 1. The van der Waals surface area contributed by atoms with E-state index in [1.165, 1.54) is 17.4 Å². The van der Waals surface area contributed by atoms with Gasteiger partial charge in [0.15, 0.2) is 0 Å². The number of anilines is 1. The Kier molecular flexibility index (Phi) is 3.78. The van der Waals surface area contributed by atoms with Gasteiger partial charge in [0.2, 0.25) is 0 Å². The molecule has 0 atom stereocenters. The molecule has 0 radical (unpaired) electrons. The van der Waals surface area contributed by atoms with E-state index in [9.17, 15) is 10.1 Å². The van der Waals surface area contributed by atoms with Crippen molar-refractivity contribution in [2.45, 2.75) is 13.5 Å². The highest BCUT2D eigenvalue weighted by Crippen LogP contribution is 2.22. The lowest BCUT2D eigenvalue weighted by atomic mass is 10.2. The molecule has 1 aromatic carbocycles. The van der Waals surface area contributed by atoms with Crippen molar-refractivity contribution in [1.29, 1.82) is 5.26 Å². The number of nitrogens with zero attached hydrogens (tertiary/aromatic N) is 2. The molecular weight excluding hydrogens is 262 g/mol. The van der Waals surface area contributed by atoms with Crippen molar-refractivity contribution in [1.82, 2.24) is 0 Å². The summed E-state index contributed by atoms with van der Waals surface area (Å²) in [7, 11) is 0. The van der Waals surface area contributed by atoms with Crippen molar-refractivity contribution in [3.8, 4) is 6.07 Å². The van der Waals surface area contributed by atoms with E-state index in [-0.39, 0.29) is 5.69 Å². The minimum absolute atomic E-state index is 0.119. The van der Waals surface area contributed by atoms with Gasteiger partial charge >= 0.3 is 0 Å². The molecular formula is C13H11N3O2S. The highest BCUT2D eigenvalue weighted by molar-refractivity contribution is 7.10. The molecule has 6 heteroatoms. The van der Waals surface area contributed by atoms with Crippen LogP contribution < -0.4 is 5.32 Å². The Labute approximate surface area is 114 Å². The van der Waals surface area contributed by atoms with E-state index in [0.29, 0.717) is 17.7 Å². The number of nitriles is 1. The third-order valence-electron chi connectivity index (χ3n) is 2.64. The lowest BCUT2D eigenvalue weighted by Crippen LogP contribution is -1.99. The Hall–Kier alpha value is -2.39. The molecule has 19 heavy (non-hydrogen) atoms. The molecule has 1 aromatic heterocycles. The van der Waals surface area contributed by atoms with Crippen LogP contribution >= 0.6 is 11.3 Å². The van der Waals surface area contributed by atoms with Gasteiger partial charge in [-0.3, -0.25) is 10.1 Å². The normalized spacial score (nSPS) is 9.89. The van der Waals surface area contributed by atoms with Gasteiger partial charge in [-0.1, -0.05) is 0 Å². The van der Waals surface area contributed by atoms with Gasteiger partial charge in [-0.05, 0) is 25.1 Å². The number of nitro benzene ring substituents is 1. The summed E-state index contributed by atoms with van der Waals surface area (Å²) in [4.78, 5) is 11.4. The third kappa shape index (κ3) is 3.09. The van der Waals surface area contributed by atoms with Crippen molar-refractivity contribution < 1.29 is 4.92 Å². The Morgan fingerprint density at radius 3 is 2.84 bits per heavy atom. The standard InChI is InChI=1S/C13H11N3O2S/c1-9-4-11(2-3-13(9)16(17)18)15-7-12-5-10(6-14)8-19-12/h2-5,8,15H,7H2,1H3. The van der Waals surface area contributed by atoms with E-state index < -0.39 is 4.92 Å². The molecule has 0 saturated carbocycles. The van der Waals surface area contributed by atoms with Gasteiger partial charge in [0.05, 0.1) is 10.5 Å². The lowest BCUT2D eigenvalue weighted by Gasteiger charge is -2.06. The average Bonchev–Trinajstić information content (AvgIpc) is 2.84. The van der Waals surface area contributed by atoms with Gasteiger partial charge in [0, 0.05) is 34.1 Å². The molecule has 0 amide bonds. The largest absolute Gasteiger partial charge is 0.380 e. The molecule has 0 aliphatic heterocycles. The van der Waals surface area contributed by atoms with Gasteiger partial charge in [0.1, 0.15) is 6.07 Å². The third-order valence-corrected chi connectivity index (χ3v) is 3.58. The summed E-state index contributed by atoms with van der Waals surface area (Å²) in [6, 6.07) is 8.84. The summed E-state index contributed by atoms with van der Waals surface area (Å²) < 4.78 is 0. The van der Waals surface area contributed by atoms with E-state index in [1.807, 2.05) is 6.07 Å². The maximum Gasteiger partial charge on any atom is 0.272 e. The molecule has 2 rings (SSSR count). The lowest BCUT2D eigenvalue weighted by molar-refractivity contribution is -0.385. The van der Waals surface area contributed by atoms with Gasteiger partial charge < -0.3 is 5.32 Å². The highest BCUT2D eigenvalue weighted by Gasteiger charge is 2.10. The molecule has 96 valence electrons. The number of hydrogen-bond donors (Lipinski definition) is 1. The molecule has 1 N–H and O–H groups in total. The second kappa shape index (κ2) is 5.50. The average molecular weight is 273 g/mol. The molecule has 0 aliphatic carbocycles. The van der Waals surface area contributed by atoms with Crippen molar-refractivity contribution >= 4 is 22.7 Å². The first-order chi connectivity index (χ1) is 9.10. The maximum atomic E-state index is 10.7. The van der Waals surface area contributed by atoms with Crippen LogP contribution in [0, 0.1) is 28.4 Å². The molecule has 0 aliphatic rings. The smallest absolute Gasteiger partial charge is 0.272 e. The fourth-order valence-electron chi connectivity index (χ4n) is 1.69. The van der Waals surface area contributed by atoms with Crippen molar-refractivity contribution in [2.24, 2.45) is 0 Å². The van der Waals surface area contributed by atoms with E-state index in [2.05, 4.69) is 11.4 Å². The van der Waals surface area contributed by atoms with E-state index in [1.54, 1.807) is 24.4 Å². The highest BCUT2D eigenvalue weighted by atomic mass is 32.1. The number of nitro groups is 1. The number of rotatable bonds is 4. The van der Waals surface area contributed by atoms with Crippen LogP contribution in [0.15, 0.2) is 29.6 Å². The van der Waals surface area contributed by atoms with Crippen LogP contribution in [0.5, 0.6) is 0 Å². The van der Waals surface area contributed by atoms with Gasteiger partial charge in [-0.25, -0.2) is 0 Å². The SMILES string of the molecule is Cc1cc(NCc2cc(C#N)cs2)ccc1[N+](=O)[O-]. The van der Waals surface area contributed by atoms with Crippen LogP contribution in [0.25, 0.3) is 0 Å². The topological polar surface area (TPSA) is 79.0 Å². The van der Waals surface area contributed by atoms with Crippen molar-refractivity contribution in [3.05, 3.63) is 55.8 Å². The zero-order valence-electron chi connectivity index (χ0n) is 10.2. The molecule has 0 unspecified atom stereocenters. The number of hydrogen-bond acceptors (Lipinski definition) is 5. The fraction of sp³-hybridized carbons (Fsp3) is 0.154. The van der Waals surface area contributed by atoms with Crippen LogP contribution in [-0.2, 0) is 6.54 Å². The summed E-state index contributed by atoms with van der Waals surface area (Å²) in [6.07, 6.45) is 0. The number of nitrogens with one attached hydrogen (secondary N) is 1. The Balaban J connectivity index is 2.06. The molecule has 5 nitrogen and oxygen atoms in total. The van der Waals surface area contributed by atoms with Gasteiger partial charge in [0.25, 0.3) is 5.69 Å². The first-order valence-electron chi connectivity index (χ1n) is 5.56. The number of thiophene rings is 1. The Morgan fingerprint density at radius 2 is 2.26 bits per heavy atom. The zero-order valence-corrected chi connectivity index (χ0v) is 11.0. The van der Waals surface area contributed by atoms with Crippen LogP contribution in [0.4, 0.5) is 11.4 Å². The minimum Gasteiger partial charge on any atom is -0.380 e. The minimum atomic E-state index is -0.391. The Bertz CT molecular complexity index is 658. The summed E-state index contributed by atoms with van der Waals surface area (Å²) in [6.45, 7) is 2.31. The van der Waals surface area contributed by atoms with E-state index in [4.69, 9.17) is 5.26 Å². The second-order valence-electron chi connectivity index (χ2n) is 4.03. The number of benzene rings is 1. The summed E-state index contributed by atoms with van der Waals surface area (Å²) in [5.41, 5.74) is 2.23. The van der Waals surface area contributed by atoms with Gasteiger partial charge in [-0.15, -0.1) is 11.3 Å². The molecule has 0 bridgehead atoms.